The largest absolute Gasteiger partial charge is 0.480 e. The topological polar surface area (TPSA) is 55.8 Å². The van der Waals surface area contributed by atoms with Gasteiger partial charge in [-0.25, -0.2) is 4.79 Å². The second kappa shape index (κ2) is 8.23. The molecule has 0 aliphatic carbocycles. The number of carbonyl (C=O) groups is 2. The third kappa shape index (κ3) is 4.35. The lowest BCUT2D eigenvalue weighted by Gasteiger charge is -2.30. The minimum atomic E-state index is -0.859. The zero-order valence-electron chi connectivity index (χ0n) is 14.5. The monoisotopic (exact) mass is 373 g/mol. The molecule has 1 amide bonds. The van der Waals surface area contributed by atoms with Crippen molar-refractivity contribution < 1.29 is 19.1 Å². The molecule has 1 aliphatic rings. The van der Waals surface area contributed by atoms with Crippen LogP contribution in [0.4, 0.5) is 0 Å². The van der Waals surface area contributed by atoms with E-state index in [1.807, 2.05) is 18.2 Å². The number of halogens is 1. The van der Waals surface area contributed by atoms with E-state index in [9.17, 15) is 9.59 Å². The second-order valence-corrected chi connectivity index (χ2v) is 6.54. The van der Waals surface area contributed by atoms with Crippen LogP contribution in [-0.2, 0) is 27.3 Å². The van der Waals surface area contributed by atoms with Crippen LogP contribution in [0.5, 0.6) is 5.75 Å². The van der Waals surface area contributed by atoms with Crippen molar-refractivity contribution in [1.82, 2.24) is 4.90 Å². The second-order valence-electron chi connectivity index (χ2n) is 6.13. The molecule has 0 fully saturated rings. The van der Waals surface area contributed by atoms with Crippen molar-refractivity contribution >= 4 is 23.5 Å². The van der Waals surface area contributed by atoms with E-state index in [4.69, 9.17) is 21.1 Å². The van der Waals surface area contributed by atoms with Gasteiger partial charge in [-0.2, -0.15) is 0 Å². The highest BCUT2D eigenvalue weighted by Crippen LogP contribution is 2.23. The van der Waals surface area contributed by atoms with Gasteiger partial charge in [0.05, 0.1) is 5.02 Å². The van der Waals surface area contributed by atoms with Crippen molar-refractivity contribution in [3.8, 4) is 5.75 Å². The van der Waals surface area contributed by atoms with Gasteiger partial charge in [-0.3, -0.25) is 4.79 Å². The molecule has 136 valence electrons. The summed E-state index contributed by atoms with van der Waals surface area (Å²) in [5.74, 6) is -0.411. The lowest BCUT2D eigenvalue weighted by Crippen LogP contribution is -2.43. The predicted octanol–water partition coefficient (Wildman–Crippen LogP) is 3.24. The number of hydrogen-bond acceptors (Lipinski definition) is 4. The zero-order valence-corrected chi connectivity index (χ0v) is 15.2. The SMILES string of the molecule is C[C@@H](OC(=O)COc1ccccc1Cl)C(=O)N1CCc2ccccc2C1. The Morgan fingerprint density at radius 1 is 1.12 bits per heavy atom. The van der Waals surface area contributed by atoms with Crippen molar-refractivity contribution in [1.29, 1.82) is 0 Å². The highest BCUT2D eigenvalue weighted by Gasteiger charge is 2.27. The van der Waals surface area contributed by atoms with Gasteiger partial charge in [-0.05, 0) is 36.6 Å². The van der Waals surface area contributed by atoms with Crippen LogP contribution in [-0.4, -0.2) is 36.0 Å². The fourth-order valence-electron chi connectivity index (χ4n) is 2.92. The summed E-state index contributed by atoms with van der Waals surface area (Å²) in [5.41, 5.74) is 2.39. The molecule has 2 aromatic rings. The summed E-state index contributed by atoms with van der Waals surface area (Å²) in [6.07, 6.45) is -0.0549. The normalized spacial score (nSPS) is 14.3. The van der Waals surface area contributed by atoms with Gasteiger partial charge in [0, 0.05) is 13.1 Å². The highest BCUT2D eigenvalue weighted by atomic mass is 35.5. The van der Waals surface area contributed by atoms with Crippen molar-refractivity contribution in [3.05, 3.63) is 64.7 Å². The summed E-state index contributed by atoms with van der Waals surface area (Å²) >= 11 is 5.97. The molecule has 0 saturated heterocycles. The van der Waals surface area contributed by atoms with Gasteiger partial charge in [-0.15, -0.1) is 0 Å². The molecule has 0 bridgehead atoms. The molecule has 0 unspecified atom stereocenters. The molecule has 26 heavy (non-hydrogen) atoms. The number of esters is 1. The maximum Gasteiger partial charge on any atom is 0.344 e. The van der Waals surface area contributed by atoms with E-state index in [1.54, 1.807) is 36.1 Å². The molecular formula is C20H20ClNO4. The van der Waals surface area contributed by atoms with Crippen molar-refractivity contribution in [3.63, 3.8) is 0 Å². The molecule has 6 heteroatoms. The van der Waals surface area contributed by atoms with Crippen molar-refractivity contribution in [2.45, 2.75) is 26.0 Å². The minimum Gasteiger partial charge on any atom is -0.480 e. The molecule has 2 aromatic carbocycles. The van der Waals surface area contributed by atoms with Crippen LogP contribution >= 0.6 is 11.6 Å². The average Bonchev–Trinajstić information content (AvgIpc) is 2.66. The summed E-state index contributed by atoms with van der Waals surface area (Å²) in [6, 6.07) is 14.9. The predicted molar refractivity (Wildman–Crippen MR) is 98.1 cm³/mol. The number of nitrogens with zero attached hydrogens (tertiary/aromatic N) is 1. The number of ether oxygens (including phenoxy) is 2. The first-order chi connectivity index (χ1) is 12.5. The first kappa shape index (κ1) is 18.3. The Balaban J connectivity index is 1.51. The first-order valence-electron chi connectivity index (χ1n) is 8.47. The van der Waals surface area contributed by atoms with Crippen LogP contribution in [0.25, 0.3) is 0 Å². The maximum absolute atomic E-state index is 12.6. The van der Waals surface area contributed by atoms with Gasteiger partial charge >= 0.3 is 5.97 Å². The van der Waals surface area contributed by atoms with Crippen LogP contribution in [0.1, 0.15) is 18.1 Å². The van der Waals surface area contributed by atoms with E-state index in [1.165, 1.54) is 5.56 Å². The number of rotatable bonds is 5. The molecule has 0 radical (unpaired) electrons. The molecule has 5 nitrogen and oxygen atoms in total. The average molecular weight is 374 g/mol. The number of hydrogen-bond donors (Lipinski definition) is 0. The van der Waals surface area contributed by atoms with Crippen LogP contribution in [0.15, 0.2) is 48.5 Å². The van der Waals surface area contributed by atoms with Gasteiger partial charge in [0.1, 0.15) is 5.75 Å². The van der Waals surface area contributed by atoms with Crippen LogP contribution < -0.4 is 4.74 Å². The molecule has 0 spiro atoms. The van der Waals surface area contributed by atoms with Gasteiger partial charge in [0.25, 0.3) is 5.91 Å². The smallest absolute Gasteiger partial charge is 0.344 e. The Morgan fingerprint density at radius 3 is 2.58 bits per heavy atom. The molecule has 1 aliphatic heterocycles. The first-order valence-corrected chi connectivity index (χ1v) is 8.85. The quantitative estimate of drug-likeness (QED) is 0.755. The Bertz CT molecular complexity index is 808. The molecule has 0 saturated carbocycles. The van der Waals surface area contributed by atoms with Crippen LogP contribution in [0.3, 0.4) is 0 Å². The minimum absolute atomic E-state index is 0.203. The molecule has 1 atom stereocenters. The fourth-order valence-corrected chi connectivity index (χ4v) is 3.11. The Labute approximate surface area is 157 Å². The van der Waals surface area contributed by atoms with E-state index in [0.29, 0.717) is 23.9 Å². The third-order valence-electron chi connectivity index (χ3n) is 4.28. The van der Waals surface area contributed by atoms with E-state index in [2.05, 4.69) is 6.07 Å². The summed E-state index contributed by atoms with van der Waals surface area (Å²) in [5, 5.41) is 0.413. The van der Waals surface area contributed by atoms with E-state index in [-0.39, 0.29) is 12.5 Å². The molecule has 0 aromatic heterocycles. The number of carbonyl (C=O) groups excluding carboxylic acids is 2. The van der Waals surface area contributed by atoms with E-state index in [0.717, 1.165) is 12.0 Å². The van der Waals surface area contributed by atoms with Crippen molar-refractivity contribution in [2.75, 3.05) is 13.2 Å². The summed E-state index contributed by atoms with van der Waals surface area (Å²) in [6.45, 7) is 2.43. The van der Waals surface area contributed by atoms with Crippen LogP contribution in [0, 0.1) is 0 Å². The lowest BCUT2D eigenvalue weighted by molar-refractivity contribution is -0.161. The summed E-state index contributed by atoms with van der Waals surface area (Å²) < 4.78 is 10.6. The van der Waals surface area contributed by atoms with Gasteiger partial charge in [0.2, 0.25) is 0 Å². The van der Waals surface area contributed by atoms with E-state index < -0.39 is 12.1 Å². The molecule has 1 heterocycles. The van der Waals surface area contributed by atoms with E-state index >= 15 is 0 Å². The van der Waals surface area contributed by atoms with Crippen LogP contribution in [0.2, 0.25) is 5.02 Å². The fraction of sp³-hybridized carbons (Fsp3) is 0.300. The summed E-state index contributed by atoms with van der Waals surface area (Å²) in [7, 11) is 0. The summed E-state index contributed by atoms with van der Waals surface area (Å²) in [4.78, 5) is 26.2. The third-order valence-corrected chi connectivity index (χ3v) is 4.59. The molecule has 3 rings (SSSR count). The number of para-hydroxylation sites is 1. The number of amides is 1. The number of fused-ring (bicyclic) bond motifs is 1. The standard InChI is InChI=1S/C20H20ClNO4/c1-14(26-19(23)13-25-18-9-5-4-8-17(18)21)20(24)22-11-10-15-6-2-3-7-16(15)12-22/h2-9,14H,10-13H2,1H3/t14-/m1/s1. The van der Waals surface area contributed by atoms with Gasteiger partial charge in [0.15, 0.2) is 12.7 Å². The Morgan fingerprint density at radius 2 is 1.81 bits per heavy atom. The lowest BCUT2D eigenvalue weighted by atomic mass is 9.99. The van der Waals surface area contributed by atoms with Crippen molar-refractivity contribution in [2.24, 2.45) is 0 Å². The highest BCUT2D eigenvalue weighted by molar-refractivity contribution is 6.32. The Hall–Kier alpha value is -2.53. The van der Waals surface area contributed by atoms with Gasteiger partial charge in [-0.1, -0.05) is 48.0 Å². The van der Waals surface area contributed by atoms with Gasteiger partial charge < -0.3 is 14.4 Å². The molecule has 0 N–H and O–H groups in total. The maximum atomic E-state index is 12.6. The molecular weight excluding hydrogens is 354 g/mol. The zero-order chi connectivity index (χ0) is 18.5. The Kier molecular flexibility index (Phi) is 5.78. The number of benzene rings is 2.